The third-order valence-corrected chi connectivity index (χ3v) is 4.34. The van der Waals surface area contributed by atoms with Crippen molar-refractivity contribution < 1.29 is 0 Å². The minimum Gasteiger partial charge on any atom is -0.337 e. The van der Waals surface area contributed by atoms with Crippen LogP contribution in [0.15, 0.2) is 12.4 Å². The summed E-state index contributed by atoms with van der Waals surface area (Å²) in [6.45, 7) is 5.42. The van der Waals surface area contributed by atoms with Crippen LogP contribution in [-0.4, -0.2) is 40.6 Å². The number of hydrogen-bond acceptors (Lipinski definition) is 3. The van der Waals surface area contributed by atoms with E-state index < -0.39 is 0 Å². The monoisotopic (exact) mass is 264 g/mol. The maximum atomic E-state index is 4.39. The first-order valence-corrected chi connectivity index (χ1v) is 7.58. The van der Waals surface area contributed by atoms with E-state index in [0.29, 0.717) is 0 Å². The van der Waals surface area contributed by atoms with Crippen molar-refractivity contribution in [1.29, 1.82) is 0 Å². The van der Waals surface area contributed by atoms with E-state index in [9.17, 15) is 0 Å². The Kier molecular flexibility index (Phi) is 5.40. The van der Waals surface area contributed by atoms with Gasteiger partial charge in [-0.1, -0.05) is 13.3 Å². The Bertz CT molecular complexity index is 374. The van der Waals surface area contributed by atoms with Crippen molar-refractivity contribution in [1.82, 2.24) is 19.8 Å². The van der Waals surface area contributed by atoms with Crippen LogP contribution in [0.3, 0.4) is 0 Å². The third kappa shape index (κ3) is 4.05. The van der Waals surface area contributed by atoms with E-state index in [1.54, 1.807) is 0 Å². The van der Waals surface area contributed by atoms with Gasteiger partial charge in [0.25, 0.3) is 0 Å². The molecule has 1 aromatic heterocycles. The van der Waals surface area contributed by atoms with Gasteiger partial charge in [-0.15, -0.1) is 0 Å². The summed E-state index contributed by atoms with van der Waals surface area (Å²) < 4.78 is 2.10. The van der Waals surface area contributed by atoms with Gasteiger partial charge < -0.3 is 9.88 Å². The minimum absolute atomic E-state index is 0.756. The molecular formula is C15H28N4. The summed E-state index contributed by atoms with van der Waals surface area (Å²) in [7, 11) is 4.26. The van der Waals surface area contributed by atoms with E-state index in [1.807, 2.05) is 12.4 Å². The van der Waals surface area contributed by atoms with Crippen LogP contribution in [0.5, 0.6) is 0 Å². The van der Waals surface area contributed by atoms with E-state index in [2.05, 4.69) is 40.8 Å². The van der Waals surface area contributed by atoms with E-state index >= 15 is 0 Å². The molecule has 1 saturated carbocycles. The molecule has 1 aromatic rings. The molecule has 0 aromatic carbocycles. The van der Waals surface area contributed by atoms with Gasteiger partial charge in [-0.05, 0) is 45.3 Å². The summed E-state index contributed by atoms with van der Waals surface area (Å²) >= 11 is 0. The average molecular weight is 264 g/mol. The molecule has 1 aliphatic rings. The molecule has 1 heterocycles. The largest absolute Gasteiger partial charge is 0.337 e. The molecule has 2 unspecified atom stereocenters. The molecule has 1 fully saturated rings. The fourth-order valence-corrected chi connectivity index (χ4v) is 3.17. The second kappa shape index (κ2) is 7.06. The normalized spacial score (nSPS) is 23.4. The summed E-state index contributed by atoms with van der Waals surface area (Å²) in [5.41, 5.74) is 0. The van der Waals surface area contributed by atoms with Crippen molar-refractivity contribution in [3.63, 3.8) is 0 Å². The van der Waals surface area contributed by atoms with Crippen molar-refractivity contribution in [3.8, 4) is 0 Å². The van der Waals surface area contributed by atoms with E-state index in [-0.39, 0.29) is 0 Å². The molecule has 0 bridgehead atoms. The van der Waals surface area contributed by atoms with Crippen LogP contribution in [-0.2, 0) is 13.6 Å². The second-order valence-corrected chi connectivity index (χ2v) is 5.84. The predicted molar refractivity (Wildman–Crippen MR) is 79.0 cm³/mol. The molecule has 19 heavy (non-hydrogen) atoms. The fraction of sp³-hybridized carbons (Fsp3) is 0.800. The van der Waals surface area contributed by atoms with Gasteiger partial charge in [0.05, 0.1) is 6.54 Å². The van der Waals surface area contributed by atoms with Crippen molar-refractivity contribution in [3.05, 3.63) is 18.2 Å². The van der Waals surface area contributed by atoms with Crippen LogP contribution in [0.2, 0.25) is 0 Å². The van der Waals surface area contributed by atoms with Crippen LogP contribution in [0.1, 0.15) is 38.4 Å². The standard InChI is InChI=1S/C15H28N4/c1-4-16-14-7-5-6-13(14)8-10-18(2)12-15-17-9-11-19(15)3/h9,11,13-14,16H,4-8,10,12H2,1-3H3. The van der Waals surface area contributed by atoms with E-state index in [0.717, 1.165) is 30.9 Å². The Morgan fingerprint density at radius 1 is 1.47 bits per heavy atom. The Morgan fingerprint density at radius 2 is 2.32 bits per heavy atom. The molecule has 1 aliphatic carbocycles. The number of aryl methyl sites for hydroxylation is 1. The van der Waals surface area contributed by atoms with Crippen LogP contribution in [0, 0.1) is 5.92 Å². The number of nitrogens with one attached hydrogen (secondary N) is 1. The van der Waals surface area contributed by atoms with Crippen molar-refractivity contribution >= 4 is 0 Å². The van der Waals surface area contributed by atoms with Crippen molar-refractivity contribution in [2.45, 2.75) is 45.2 Å². The van der Waals surface area contributed by atoms with E-state index in [4.69, 9.17) is 0 Å². The molecule has 0 spiro atoms. The summed E-state index contributed by atoms with van der Waals surface area (Å²) in [4.78, 5) is 6.78. The number of rotatable bonds is 7. The lowest BCUT2D eigenvalue weighted by Gasteiger charge is -2.23. The van der Waals surface area contributed by atoms with E-state index in [1.165, 1.54) is 32.2 Å². The second-order valence-electron chi connectivity index (χ2n) is 5.84. The zero-order valence-electron chi connectivity index (χ0n) is 12.6. The Balaban J connectivity index is 1.74. The van der Waals surface area contributed by atoms with Gasteiger partial charge in [-0.3, -0.25) is 4.90 Å². The number of nitrogens with zero attached hydrogens (tertiary/aromatic N) is 3. The minimum atomic E-state index is 0.756. The zero-order chi connectivity index (χ0) is 13.7. The molecule has 2 rings (SSSR count). The van der Waals surface area contributed by atoms with Crippen molar-refractivity contribution in [2.75, 3.05) is 20.1 Å². The highest BCUT2D eigenvalue weighted by atomic mass is 15.1. The van der Waals surface area contributed by atoms with Crippen LogP contribution >= 0.6 is 0 Å². The first-order valence-electron chi connectivity index (χ1n) is 7.58. The topological polar surface area (TPSA) is 33.1 Å². The Labute approximate surface area is 117 Å². The molecular weight excluding hydrogens is 236 g/mol. The smallest absolute Gasteiger partial charge is 0.122 e. The molecule has 0 aliphatic heterocycles. The van der Waals surface area contributed by atoms with Gasteiger partial charge in [-0.25, -0.2) is 4.98 Å². The first kappa shape index (κ1) is 14.5. The van der Waals surface area contributed by atoms with Gasteiger partial charge >= 0.3 is 0 Å². The number of hydrogen-bond donors (Lipinski definition) is 1. The van der Waals surface area contributed by atoms with Gasteiger partial charge in [0.15, 0.2) is 0 Å². The SMILES string of the molecule is CCNC1CCCC1CCN(C)Cc1nccn1C. The molecule has 0 saturated heterocycles. The van der Waals surface area contributed by atoms with Crippen LogP contribution < -0.4 is 5.32 Å². The highest BCUT2D eigenvalue weighted by molar-refractivity contribution is 4.91. The lowest BCUT2D eigenvalue weighted by molar-refractivity contribution is 0.269. The summed E-state index contributed by atoms with van der Waals surface area (Å²) in [6.07, 6.45) is 9.35. The van der Waals surface area contributed by atoms with Crippen LogP contribution in [0.4, 0.5) is 0 Å². The molecule has 2 atom stereocenters. The lowest BCUT2D eigenvalue weighted by atomic mass is 9.99. The summed E-state index contributed by atoms with van der Waals surface area (Å²) in [6, 6.07) is 0.756. The Morgan fingerprint density at radius 3 is 3.00 bits per heavy atom. The molecule has 0 amide bonds. The predicted octanol–water partition coefficient (Wildman–Crippen LogP) is 2.02. The number of aromatic nitrogens is 2. The maximum absolute atomic E-state index is 4.39. The zero-order valence-corrected chi connectivity index (χ0v) is 12.6. The van der Waals surface area contributed by atoms with Gasteiger partial charge in [-0.2, -0.15) is 0 Å². The maximum Gasteiger partial charge on any atom is 0.122 e. The molecule has 108 valence electrons. The number of imidazole rings is 1. The highest BCUT2D eigenvalue weighted by Crippen LogP contribution is 2.28. The van der Waals surface area contributed by atoms with Gasteiger partial charge in [0, 0.05) is 25.5 Å². The van der Waals surface area contributed by atoms with Crippen LogP contribution in [0.25, 0.3) is 0 Å². The highest BCUT2D eigenvalue weighted by Gasteiger charge is 2.26. The average Bonchev–Trinajstić information content (AvgIpc) is 2.98. The lowest BCUT2D eigenvalue weighted by Crippen LogP contribution is -2.34. The molecule has 0 radical (unpaired) electrons. The van der Waals surface area contributed by atoms with Gasteiger partial charge in [0.2, 0.25) is 0 Å². The van der Waals surface area contributed by atoms with Crippen molar-refractivity contribution in [2.24, 2.45) is 13.0 Å². The Hall–Kier alpha value is -0.870. The summed E-state index contributed by atoms with van der Waals surface area (Å²) in [5, 5.41) is 3.64. The first-order chi connectivity index (χ1) is 9.20. The third-order valence-electron chi connectivity index (χ3n) is 4.34. The molecule has 4 nitrogen and oxygen atoms in total. The molecule has 1 N–H and O–H groups in total. The summed E-state index contributed by atoms with van der Waals surface area (Å²) in [5.74, 6) is 2.01. The fourth-order valence-electron chi connectivity index (χ4n) is 3.17. The van der Waals surface area contributed by atoms with Gasteiger partial charge in [0.1, 0.15) is 5.82 Å². The molecule has 4 heteroatoms. The quantitative estimate of drug-likeness (QED) is 0.818.